The Hall–Kier alpha value is -1.35. The second kappa shape index (κ2) is 4.57. The Morgan fingerprint density at radius 3 is 2.14 bits per heavy atom. The van der Waals surface area contributed by atoms with E-state index in [0.717, 1.165) is 18.5 Å². The van der Waals surface area contributed by atoms with Gasteiger partial charge in [0.05, 0.1) is 0 Å². The quantitative estimate of drug-likeness (QED) is 0.636. The van der Waals surface area contributed by atoms with E-state index in [1.807, 2.05) is 45.7 Å². The van der Waals surface area contributed by atoms with Crippen molar-refractivity contribution < 1.29 is 9.09 Å². The van der Waals surface area contributed by atoms with Gasteiger partial charge in [-0.3, -0.25) is 0 Å². The van der Waals surface area contributed by atoms with Crippen LogP contribution in [0.3, 0.4) is 0 Å². The van der Waals surface area contributed by atoms with Crippen LogP contribution in [0.2, 0.25) is 0 Å². The van der Waals surface area contributed by atoms with Crippen LogP contribution >= 0.6 is 7.67 Å². The molecule has 110 valence electrons. The van der Waals surface area contributed by atoms with Gasteiger partial charge in [-0.25, -0.2) is 13.9 Å². The number of hydrogen-bond donors (Lipinski definition) is 0. The molecule has 0 aromatic heterocycles. The summed E-state index contributed by atoms with van der Waals surface area (Å²) < 4.78 is 23.3. The van der Waals surface area contributed by atoms with Crippen molar-refractivity contribution in [3.8, 4) is 5.75 Å². The van der Waals surface area contributed by atoms with Crippen molar-refractivity contribution in [2.75, 3.05) is 13.1 Å². The van der Waals surface area contributed by atoms with Crippen LogP contribution in [-0.4, -0.2) is 34.5 Å². The molecule has 0 aliphatic carbocycles. The minimum atomic E-state index is -2.89. The van der Waals surface area contributed by atoms with Crippen molar-refractivity contribution in [1.82, 2.24) is 9.34 Å². The lowest BCUT2D eigenvalue weighted by atomic mass is 10.1. The molecule has 2 saturated heterocycles. The lowest BCUT2D eigenvalue weighted by Gasteiger charge is -2.22. The van der Waals surface area contributed by atoms with Gasteiger partial charge in [-0.1, -0.05) is 30.3 Å². The van der Waals surface area contributed by atoms with Crippen molar-refractivity contribution in [3.63, 3.8) is 0 Å². The first-order valence-corrected chi connectivity index (χ1v) is 8.94. The number of benzene rings is 2. The monoisotopic (exact) mass is 302 g/mol. The minimum Gasteiger partial charge on any atom is -0.422 e. The maximum Gasteiger partial charge on any atom is 0.396 e. The van der Waals surface area contributed by atoms with Gasteiger partial charge in [0.15, 0.2) is 0 Å². The van der Waals surface area contributed by atoms with Crippen molar-refractivity contribution in [2.24, 2.45) is 0 Å². The Balaban J connectivity index is 1.66. The molecular formula is C16H19N2O2P. The molecule has 2 heterocycles. The molecule has 0 N–H and O–H groups in total. The molecule has 4 rings (SSSR count). The molecule has 0 amide bonds. The summed E-state index contributed by atoms with van der Waals surface area (Å²) in [5.41, 5.74) is 0. The van der Waals surface area contributed by atoms with Crippen molar-refractivity contribution in [3.05, 3.63) is 42.5 Å². The predicted octanol–water partition coefficient (Wildman–Crippen LogP) is 3.73. The number of hydrogen-bond acceptors (Lipinski definition) is 2. The van der Waals surface area contributed by atoms with E-state index >= 15 is 0 Å². The highest BCUT2D eigenvalue weighted by molar-refractivity contribution is 7.55. The van der Waals surface area contributed by atoms with Crippen LogP contribution in [0.4, 0.5) is 0 Å². The molecule has 2 fully saturated rings. The van der Waals surface area contributed by atoms with Gasteiger partial charge in [-0.05, 0) is 36.8 Å². The summed E-state index contributed by atoms with van der Waals surface area (Å²) in [5, 5.41) is 2.28. The molecule has 2 aromatic rings. The Morgan fingerprint density at radius 1 is 1.00 bits per heavy atom. The van der Waals surface area contributed by atoms with Gasteiger partial charge in [-0.15, -0.1) is 0 Å². The zero-order valence-corrected chi connectivity index (χ0v) is 13.2. The highest BCUT2D eigenvalue weighted by Gasteiger charge is 2.57. The summed E-state index contributed by atoms with van der Waals surface area (Å²) in [6.07, 6.45) is 0. The first kappa shape index (κ1) is 13.3. The fourth-order valence-corrected chi connectivity index (χ4v) is 5.54. The van der Waals surface area contributed by atoms with Gasteiger partial charge >= 0.3 is 7.67 Å². The maximum absolute atomic E-state index is 13.3. The highest BCUT2D eigenvalue weighted by atomic mass is 31.2. The average Bonchev–Trinajstić information content (AvgIpc) is 3.37. The van der Waals surface area contributed by atoms with E-state index in [4.69, 9.17) is 4.52 Å². The third-order valence-electron chi connectivity index (χ3n) is 4.25. The molecule has 2 unspecified atom stereocenters. The Morgan fingerprint density at radius 2 is 1.57 bits per heavy atom. The summed E-state index contributed by atoms with van der Waals surface area (Å²) in [4.78, 5) is 0. The number of rotatable bonds is 4. The summed E-state index contributed by atoms with van der Waals surface area (Å²) in [5.74, 6) is 0.690. The molecule has 0 radical (unpaired) electrons. The normalized spacial score (nSPS) is 33.4. The fourth-order valence-electron chi connectivity index (χ4n) is 2.77. The smallest absolute Gasteiger partial charge is 0.396 e. The van der Waals surface area contributed by atoms with E-state index in [9.17, 15) is 4.57 Å². The fraction of sp³-hybridized carbons (Fsp3) is 0.375. The van der Waals surface area contributed by atoms with Gasteiger partial charge in [0.2, 0.25) is 0 Å². The molecule has 0 saturated carbocycles. The second-order valence-electron chi connectivity index (χ2n) is 6.03. The molecule has 2 aliphatic heterocycles. The van der Waals surface area contributed by atoms with E-state index in [-0.39, 0.29) is 0 Å². The van der Waals surface area contributed by atoms with E-state index in [1.54, 1.807) is 0 Å². The van der Waals surface area contributed by atoms with E-state index in [0.29, 0.717) is 17.8 Å². The second-order valence-corrected chi connectivity index (χ2v) is 8.22. The van der Waals surface area contributed by atoms with Gasteiger partial charge in [-0.2, -0.15) is 0 Å². The van der Waals surface area contributed by atoms with Crippen molar-refractivity contribution in [2.45, 2.75) is 25.9 Å². The minimum absolute atomic E-state index is 0.351. The topological polar surface area (TPSA) is 32.3 Å². The summed E-state index contributed by atoms with van der Waals surface area (Å²) in [7, 11) is -2.89. The summed E-state index contributed by atoms with van der Waals surface area (Å²) in [6.45, 7) is 5.89. The predicted molar refractivity (Wildman–Crippen MR) is 84.5 cm³/mol. The molecule has 4 nitrogen and oxygen atoms in total. The molecule has 5 heteroatoms. The molecule has 2 aliphatic rings. The van der Waals surface area contributed by atoms with Gasteiger partial charge < -0.3 is 4.52 Å². The third kappa shape index (κ3) is 2.28. The standard InChI is InChI=1S/C16H19N2O2P/c1-12-10-17(12)21(19,18-11-13(18)2)20-16-8-7-14-5-3-4-6-15(14)9-16/h3-9,12-13H,10-11H2,1-2H3/t12-,13-,17?,18?,21?/m0/s1. The van der Waals surface area contributed by atoms with Gasteiger partial charge in [0.25, 0.3) is 0 Å². The van der Waals surface area contributed by atoms with E-state index < -0.39 is 7.67 Å². The number of nitrogens with zero attached hydrogens (tertiary/aromatic N) is 2. The third-order valence-corrected chi connectivity index (χ3v) is 7.11. The van der Waals surface area contributed by atoms with Crippen LogP contribution in [0.15, 0.2) is 42.5 Å². The maximum atomic E-state index is 13.3. The lowest BCUT2D eigenvalue weighted by Crippen LogP contribution is -2.13. The van der Waals surface area contributed by atoms with Crippen LogP contribution in [0.1, 0.15) is 13.8 Å². The SMILES string of the molecule is C[C@H]1CN1P(=O)(Oc1ccc2ccccc2c1)N1C[C@@H]1C. The van der Waals surface area contributed by atoms with E-state index in [2.05, 4.69) is 19.9 Å². The van der Waals surface area contributed by atoms with Crippen LogP contribution in [0.25, 0.3) is 10.8 Å². The first-order chi connectivity index (χ1) is 10.1. The van der Waals surface area contributed by atoms with Crippen LogP contribution in [-0.2, 0) is 4.57 Å². The van der Waals surface area contributed by atoms with Crippen molar-refractivity contribution in [1.29, 1.82) is 0 Å². The Labute approximate surface area is 124 Å². The lowest BCUT2D eigenvalue weighted by molar-refractivity contribution is 0.400. The van der Waals surface area contributed by atoms with Crippen molar-refractivity contribution >= 4 is 18.4 Å². The molecule has 21 heavy (non-hydrogen) atoms. The van der Waals surface area contributed by atoms with Gasteiger partial charge in [0.1, 0.15) is 5.75 Å². The summed E-state index contributed by atoms with van der Waals surface area (Å²) in [6, 6.07) is 14.7. The largest absolute Gasteiger partial charge is 0.422 e. The zero-order valence-electron chi connectivity index (χ0n) is 12.3. The zero-order chi connectivity index (χ0) is 14.6. The molecule has 4 atom stereocenters. The van der Waals surface area contributed by atoms with E-state index in [1.165, 1.54) is 5.39 Å². The Bertz CT molecular complexity index is 728. The molecular weight excluding hydrogens is 283 g/mol. The molecule has 0 spiro atoms. The van der Waals surface area contributed by atoms with Gasteiger partial charge in [0, 0.05) is 25.2 Å². The Kier molecular flexibility index (Phi) is 2.90. The molecule has 2 aromatic carbocycles. The summed E-state index contributed by atoms with van der Waals surface area (Å²) >= 11 is 0. The van der Waals surface area contributed by atoms with Crippen LogP contribution < -0.4 is 4.52 Å². The average molecular weight is 302 g/mol. The van der Waals surface area contributed by atoms with Crippen LogP contribution in [0.5, 0.6) is 5.75 Å². The number of fused-ring (bicyclic) bond motifs is 1. The molecule has 0 bridgehead atoms. The van der Waals surface area contributed by atoms with Crippen LogP contribution in [0, 0.1) is 0 Å². The highest BCUT2D eigenvalue weighted by Crippen LogP contribution is 2.64. The first-order valence-electron chi connectivity index (χ1n) is 7.40.